The minimum atomic E-state index is -2.36. The molecule has 0 aliphatic rings. The number of hydrogen-bond donors (Lipinski definition) is 11. The molecule has 14 nitrogen and oxygen atoms in total. The van der Waals surface area contributed by atoms with Gasteiger partial charge in [-0.1, -0.05) is 0 Å². The van der Waals surface area contributed by atoms with Crippen LogP contribution < -0.4 is 0 Å². The first-order chi connectivity index (χ1) is 11.8. The molecule has 0 aromatic rings. The van der Waals surface area contributed by atoms with Crippen molar-refractivity contribution in [3.8, 4) is 0 Å². The van der Waals surface area contributed by atoms with Crippen molar-refractivity contribution in [1.29, 1.82) is 0 Å². The van der Waals surface area contributed by atoms with Gasteiger partial charge in [-0.15, -0.1) is 0 Å². The van der Waals surface area contributed by atoms with E-state index >= 15 is 0 Å². The van der Waals surface area contributed by atoms with Crippen LogP contribution in [0.4, 0.5) is 0 Å². The Morgan fingerprint density at radius 1 is 0.704 bits per heavy atom. The smallest absolute Gasteiger partial charge is 0.335 e. The molecule has 0 heterocycles. The van der Waals surface area contributed by atoms with E-state index in [9.17, 15) is 14.4 Å². The Labute approximate surface area is 162 Å². The van der Waals surface area contributed by atoms with Gasteiger partial charge in [-0.25, -0.2) is 9.59 Å². The molecule has 8 unspecified atom stereocenters. The fourth-order valence-electron chi connectivity index (χ4n) is 1.28. The van der Waals surface area contributed by atoms with Crippen LogP contribution in [0.1, 0.15) is 0 Å². The molecule has 165 valence electrons. The largest absolute Gasteiger partial charge is 0.479 e. The van der Waals surface area contributed by atoms with E-state index in [1.54, 1.807) is 0 Å². The van der Waals surface area contributed by atoms with Gasteiger partial charge < -0.3 is 61.0 Å². The number of hydrogen-bond acceptors (Lipinski definition) is 12. The van der Waals surface area contributed by atoms with Gasteiger partial charge >= 0.3 is 11.9 Å². The fraction of sp³-hybridized carbons (Fsp3) is 0.750. The van der Waals surface area contributed by atoms with Gasteiger partial charge in [-0.3, -0.25) is 0 Å². The first-order valence-corrected chi connectivity index (χ1v) is 6.79. The molecule has 0 aliphatic carbocycles. The number of carboxylic acids is 2. The number of carboxylic acid groups (broad SMARTS) is 2. The Bertz CT molecular complexity index is 424. The van der Waals surface area contributed by atoms with Crippen LogP contribution in [-0.4, -0.2) is 130 Å². The molecule has 0 saturated heterocycles. The second-order valence-electron chi connectivity index (χ2n) is 4.91. The summed E-state index contributed by atoms with van der Waals surface area (Å²) in [5.74, 6) is -3.68. The van der Waals surface area contributed by atoms with Crippen molar-refractivity contribution in [2.24, 2.45) is 0 Å². The minimum Gasteiger partial charge on any atom is -0.479 e. The van der Waals surface area contributed by atoms with Gasteiger partial charge in [0.05, 0.1) is 6.61 Å². The van der Waals surface area contributed by atoms with Gasteiger partial charge in [0.15, 0.2) is 18.5 Å². The van der Waals surface area contributed by atoms with Crippen molar-refractivity contribution < 1.29 is 87.6 Å². The molecule has 15 heteroatoms. The summed E-state index contributed by atoms with van der Waals surface area (Å²) in [6.45, 7) is -0.760. The first kappa shape index (κ1) is 30.5. The normalized spacial score (nSPS) is 19.4. The van der Waals surface area contributed by atoms with Crippen LogP contribution in [0.2, 0.25) is 0 Å². The fourth-order valence-corrected chi connectivity index (χ4v) is 1.28. The van der Waals surface area contributed by atoms with Crippen LogP contribution in [-0.2, 0) is 31.5 Å². The number of carbonyl (C=O) groups excluding carboxylic acids is 1. The molecule has 0 amide bonds. The van der Waals surface area contributed by atoms with Gasteiger partial charge in [0.2, 0.25) is 0 Å². The average Bonchev–Trinajstić information content (AvgIpc) is 2.62. The first-order valence-electron chi connectivity index (χ1n) is 6.79. The molecule has 0 spiro atoms. The monoisotopic (exact) mass is 453 g/mol. The molecule has 1 radical (unpaired) electrons. The second kappa shape index (κ2) is 14.8. The summed E-state index contributed by atoms with van der Waals surface area (Å²) < 4.78 is 0. The Balaban J connectivity index is -0.000000416. The predicted molar refractivity (Wildman–Crippen MR) is 76.5 cm³/mol. The van der Waals surface area contributed by atoms with E-state index in [0.717, 1.165) is 0 Å². The third-order valence-electron chi connectivity index (χ3n) is 2.92. The van der Waals surface area contributed by atoms with Crippen molar-refractivity contribution in [1.82, 2.24) is 0 Å². The Morgan fingerprint density at radius 2 is 1.04 bits per heavy atom. The Hall–Kier alpha value is -1.23. The topological polar surface area (TPSA) is 274 Å². The summed E-state index contributed by atoms with van der Waals surface area (Å²) in [7, 11) is 0. The number of aliphatic hydroxyl groups is 9. The molecular weight excluding hydrogens is 432 g/mol. The molecule has 0 fully saturated rings. The van der Waals surface area contributed by atoms with Crippen LogP contribution in [0.25, 0.3) is 0 Å². The van der Waals surface area contributed by atoms with Crippen molar-refractivity contribution in [3.63, 3.8) is 0 Å². The standard InChI is InChI=1S/C6H10O8.C6H12O6.Cu/c7-1(3(9)5(11)12)2(8)4(10)6(13)14;7-1-3(9)5(11)6(12)4(10)2-8;/h1-4,7-10H,(H,11,12)(H,13,14);1,3-6,8-12H,2H2;. The van der Waals surface area contributed by atoms with Crippen LogP contribution in [0, 0.1) is 0 Å². The maximum atomic E-state index is 10.1. The summed E-state index contributed by atoms with van der Waals surface area (Å²) in [6.07, 6.45) is -16.1. The molecule has 0 aromatic carbocycles. The van der Waals surface area contributed by atoms with Crippen molar-refractivity contribution in [2.45, 2.75) is 48.8 Å². The van der Waals surface area contributed by atoms with Crippen LogP contribution in [0.15, 0.2) is 0 Å². The zero-order chi connectivity index (χ0) is 21.2. The molecule has 8 atom stereocenters. The number of aliphatic hydroxyl groups excluding tert-OH is 9. The van der Waals surface area contributed by atoms with E-state index in [4.69, 9.17) is 56.2 Å². The third-order valence-corrected chi connectivity index (χ3v) is 2.92. The van der Waals surface area contributed by atoms with Crippen molar-refractivity contribution >= 4 is 18.2 Å². The van der Waals surface area contributed by atoms with E-state index in [-0.39, 0.29) is 23.4 Å². The summed E-state index contributed by atoms with van der Waals surface area (Å²) in [5.41, 5.74) is 0. The average molecular weight is 454 g/mol. The van der Waals surface area contributed by atoms with Gasteiger partial charge in [-0.2, -0.15) is 0 Å². The number of carbonyl (C=O) groups is 3. The molecule has 0 aromatic heterocycles. The molecule has 0 bridgehead atoms. The van der Waals surface area contributed by atoms with E-state index in [2.05, 4.69) is 0 Å². The molecule has 0 saturated carbocycles. The Kier molecular flexibility index (Phi) is 16.7. The molecular formula is C12H22CuO14. The van der Waals surface area contributed by atoms with Crippen molar-refractivity contribution in [3.05, 3.63) is 0 Å². The quantitative estimate of drug-likeness (QED) is 0.108. The molecule has 0 aliphatic heterocycles. The zero-order valence-electron chi connectivity index (χ0n) is 13.3. The van der Waals surface area contributed by atoms with E-state index in [1.165, 1.54) is 0 Å². The molecule has 27 heavy (non-hydrogen) atoms. The molecule has 11 N–H and O–H groups in total. The summed E-state index contributed by atoms with van der Waals surface area (Å²) in [5, 5.41) is 95.0. The predicted octanol–water partition coefficient (Wildman–Crippen LogP) is -6.78. The van der Waals surface area contributed by atoms with Crippen LogP contribution in [0.5, 0.6) is 0 Å². The summed E-state index contributed by atoms with van der Waals surface area (Å²) in [4.78, 5) is 30.1. The Morgan fingerprint density at radius 3 is 1.26 bits per heavy atom. The second-order valence-corrected chi connectivity index (χ2v) is 4.91. The number of aliphatic carboxylic acids is 2. The molecule has 0 rings (SSSR count). The van der Waals surface area contributed by atoms with E-state index < -0.39 is 67.4 Å². The minimum absolute atomic E-state index is 0. The maximum absolute atomic E-state index is 10.1. The summed E-state index contributed by atoms with van der Waals surface area (Å²) >= 11 is 0. The van der Waals surface area contributed by atoms with E-state index in [0.29, 0.717) is 0 Å². The van der Waals surface area contributed by atoms with Crippen LogP contribution >= 0.6 is 0 Å². The maximum Gasteiger partial charge on any atom is 0.335 e. The SMILES string of the molecule is O=C(O)C(O)C(O)C(O)C(O)C(=O)O.O=CC(O)C(O)C(O)C(O)CO.[Cu]. The van der Waals surface area contributed by atoms with Gasteiger partial charge in [0.1, 0.15) is 36.6 Å². The van der Waals surface area contributed by atoms with Crippen molar-refractivity contribution in [2.75, 3.05) is 6.61 Å². The third kappa shape index (κ3) is 10.6. The van der Waals surface area contributed by atoms with Gasteiger partial charge in [0.25, 0.3) is 0 Å². The summed E-state index contributed by atoms with van der Waals surface area (Å²) in [6, 6.07) is 0. The number of aldehydes is 1. The van der Waals surface area contributed by atoms with Crippen LogP contribution in [0.3, 0.4) is 0 Å². The van der Waals surface area contributed by atoms with Gasteiger partial charge in [0, 0.05) is 17.1 Å². The number of rotatable bonds is 10. The zero-order valence-corrected chi connectivity index (χ0v) is 14.3. The van der Waals surface area contributed by atoms with Gasteiger partial charge in [-0.05, 0) is 0 Å². The van der Waals surface area contributed by atoms with E-state index in [1.807, 2.05) is 0 Å².